The molecule has 0 fully saturated rings. The van der Waals surface area contributed by atoms with Gasteiger partial charge < -0.3 is 24.4 Å². The first kappa shape index (κ1) is 22.4. The predicted octanol–water partition coefficient (Wildman–Crippen LogP) is 4.27. The van der Waals surface area contributed by atoms with Gasteiger partial charge >= 0.3 is 6.03 Å². The molecule has 2 rings (SSSR count). The highest BCUT2D eigenvalue weighted by atomic mass is 16.5. The van der Waals surface area contributed by atoms with Crippen LogP contribution in [0.15, 0.2) is 42.5 Å². The average Bonchev–Trinajstić information content (AvgIpc) is 2.76. The third-order valence-electron chi connectivity index (χ3n) is 4.74. The second kappa shape index (κ2) is 11.8. The first-order chi connectivity index (χ1) is 14.1. The maximum Gasteiger partial charge on any atom is 0.317 e. The summed E-state index contributed by atoms with van der Waals surface area (Å²) in [5, 5.41) is 3.02. The van der Waals surface area contributed by atoms with Crippen molar-refractivity contribution in [3.63, 3.8) is 0 Å². The first-order valence-corrected chi connectivity index (χ1v) is 9.97. The van der Waals surface area contributed by atoms with Gasteiger partial charge in [-0.3, -0.25) is 0 Å². The van der Waals surface area contributed by atoms with E-state index in [4.69, 9.17) is 14.2 Å². The van der Waals surface area contributed by atoms with Crippen molar-refractivity contribution in [2.45, 2.75) is 32.7 Å². The van der Waals surface area contributed by atoms with Gasteiger partial charge in [-0.15, -0.1) is 0 Å². The third kappa shape index (κ3) is 6.89. The van der Waals surface area contributed by atoms with E-state index in [1.54, 1.807) is 21.3 Å². The van der Waals surface area contributed by atoms with Gasteiger partial charge in [0.1, 0.15) is 5.75 Å². The zero-order valence-corrected chi connectivity index (χ0v) is 17.9. The minimum Gasteiger partial charge on any atom is -0.497 e. The molecule has 2 aromatic carbocycles. The fourth-order valence-electron chi connectivity index (χ4n) is 2.99. The lowest BCUT2D eigenvalue weighted by molar-refractivity contribution is 0.195. The fourth-order valence-corrected chi connectivity index (χ4v) is 2.99. The molecule has 0 aliphatic carbocycles. The molecule has 0 saturated carbocycles. The zero-order valence-electron chi connectivity index (χ0n) is 17.9. The maximum absolute atomic E-state index is 12.7. The number of ether oxygens (including phenoxy) is 3. The Hall–Kier alpha value is -2.89. The lowest BCUT2D eigenvalue weighted by atomic mass is 10.1. The Labute approximate surface area is 173 Å². The number of carbonyl (C=O) groups is 1. The van der Waals surface area contributed by atoms with Crippen LogP contribution in [0.4, 0.5) is 4.79 Å². The topological polar surface area (TPSA) is 60.0 Å². The Morgan fingerprint density at radius 1 is 0.931 bits per heavy atom. The van der Waals surface area contributed by atoms with Gasteiger partial charge in [-0.2, -0.15) is 0 Å². The zero-order chi connectivity index (χ0) is 21.1. The molecule has 2 amide bonds. The number of amides is 2. The van der Waals surface area contributed by atoms with Gasteiger partial charge in [-0.25, -0.2) is 4.79 Å². The van der Waals surface area contributed by atoms with Gasteiger partial charge in [-0.1, -0.05) is 31.5 Å². The Morgan fingerprint density at radius 3 is 2.24 bits per heavy atom. The number of nitrogens with zero attached hydrogens (tertiary/aromatic N) is 1. The van der Waals surface area contributed by atoms with Crippen LogP contribution in [-0.2, 0) is 13.0 Å². The van der Waals surface area contributed by atoms with E-state index in [1.807, 2.05) is 47.4 Å². The fraction of sp³-hybridized carbons (Fsp3) is 0.435. The molecule has 0 aliphatic heterocycles. The number of nitrogens with one attached hydrogen (secondary N) is 1. The SMILES string of the molecule is CCCCNC(=O)N(CCc1ccc(OC)c(OC)c1)Cc1ccc(OC)cc1. The Balaban J connectivity index is 2.08. The summed E-state index contributed by atoms with van der Waals surface area (Å²) < 4.78 is 15.9. The van der Waals surface area contributed by atoms with Crippen LogP contribution in [-0.4, -0.2) is 45.3 Å². The molecule has 0 spiro atoms. The molecule has 0 aromatic heterocycles. The second-order valence-corrected chi connectivity index (χ2v) is 6.79. The smallest absolute Gasteiger partial charge is 0.317 e. The van der Waals surface area contributed by atoms with E-state index in [1.165, 1.54) is 0 Å². The van der Waals surface area contributed by atoms with E-state index in [9.17, 15) is 4.79 Å². The Kier molecular flexibility index (Phi) is 9.15. The molecule has 158 valence electrons. The number of rotatable bonds is 11. The average molecular weight is 401 g/mol. The van der Waals surface area contributed by atoms with Crippen molar-refractivity contribution < 1.29 is 19.0 Å². The summed E-state index contributed by atoms with van der Waals surface area (Å²) in [6.45, 7) is 3.93. The van der Waals surface area contributed by atoms with E-state index in [0.717, 1.165) is 36.1 Å². The highest BCUT2D eigenvalue weighted by Gasteiger charge is 2.14. The van der Waals surface area contributed by atoms with E-state index >= 15 is 0 Å². The third-order valence-corrected chi connectivity index (χ3v) is 4.74. The van der Waals surface area contributed by atoms with Crippen LogP contribution in [0.1, 0.15) is 30.9 Å². The number of carbonyl (C=O) groups excluding carboxylic acids is 1. The molecule has 0 unspecified atom stereocenters. The molecular weight excluding hydrogens is 368 g/mol. The van der Waals surface area contributed by atoms with Gasteiger partial charge in [0.2, 0.25) is 0 Å². The second-order valence-electron chi connectivity index (χ2n) is 6.79. The van der Waals surface area contributed by atoms with E-state index in [0.29, 0.717) is 31.1 Å². The quantitative estimate of drug-likeness (QED) is 0.573. The highest BCUT2D eigenvalue weighted by molar-refractivity contribution is 5.74. The molecule has 0 heterocycles. The van der Waals surface area contributed by atoms with Gasteiger partial charge in [0, 0.05) is 19.6 Å². The van der Waals surface area contributed by atoms with Crippen molar-refractivity contribution in [3.8, 4) is 17.2 Å². The van der Waals surface area contributed by atoms with E-state index in [-0.39, 0.29) is 6.03 Å². The summed E-state index contributed by atoms with van der Waals surface area (Å²) in [5.74, 6) is 2.20. The molecule has 2 aromatic rings. The number of hydrogen-bond acceptors (Lipinski definition) is 4. The van der Waals surface area contributed by atoms with Gasteiger partial charge in [0.05, 0.1) is 21.3 Å². The molecule has 1 N–H and O–H groups in total. The first-order valence-electron chi connectivity index (χ1n) is 9.97. The molecule has 0 saturated heterocycles. The molecule has 6 heteroatoms. The normalized spacial score (nSPS) is 10.3. The van der Waals surface area contributed by atoms with E-state index in [2.05, 4.69) is 12.2 Å². The molecule has 0 bridgehead atoms. The number of unbranched alkanes of at least 4 members (excludes halogenated alkanes) is 1. The molecule has 6 nitrogen and oxygen atoms in total. The van der Waals surface area contributed by atoms with Crippen molar-refractivity contribution in [1.29, 1.82) is 0 Å². The number of urea groups is 1. The maximum atomic E-state index is 12.7. The van der Waals surface area contributed by atoms with Gasteiger partial charge in [0.25, 0.3) is 0 Å². The summed E-state index contributed by atoms with van der Waals surface area (Å²) >= 11 is 0. The van der Waals surface area contributed by atoms with Crippen molar-refractivity contribution in [2.24, 2.45) is 0 Å². The summed E-state index contributed by atoms with van der Waals surface area (Å²) in [6.07, 6.45) is 2.74. The summed E-state index contributed by atoms with van der Waals surface area (Å²) in [6, 6.07) is 13.6. The van der Waals surface area contributed by atoms with Crippen molar-refractivity contribution >= 4 is 6.03 Å². The van der Waals surface area contributed by atoms with E-state index < -0.39 is 0 Å². The lowest BCUT2D eigenvalue weighted by Gasteiger charge is -2.24. The van der Waals surface area contributed by atoms with Crippen LogP contribution in [0.2, 0.25) is 0 Å². The minimum atomic E-state index is -0.0465. The van der Waals surface area contributed by atoms with Crippen molar-refractivity contribution in [2.75, 3.05) is 34.4 Å². The molecule has 29 heavy (non-hydrogen) atoms. The lowest BCUT2D eigenvalue weighted by Crippen LogP contribution is -2.41. The Morgan fingerprint density at radius 2 is 1.62 bits per heavy atom. The van der Waals surface area contributed by atoms with Gasteiger partial charge in [-0.05, 0) is 48.2 Å². The van der Waals surface area contributed by atoms with Crippen LogP contribution >= 0.6 is 0 Å². The number of benzene rings is 2. The molecule has 0 radical (unpaired) electrons. The predicted molar refractivity (Wildman–Crippen MR) is 115 cm³/mol. The highest BCUT2D eigenvalue weighted by Crippen LogP contribution is 2.27. The molecule has 0 atom stereocenters. The standard InChI is InChI=1S/C23H32N2O4/c1-5-6-14-24-23(26)25(17-19-7-10-20(27-2)11-8-19)15-13-18-9-12-21(28-3)22(16-18)29-4/h7-12,16H,5-6,13-15,17H2,1-4H3,(H,24,26). The summed E-state index contributed by atoms with van der Waals surface area (Å²) in [4.78, 5) is 14.6. The van der Waals surface area contributed by atoms with Crippen LogP contribution in [0.3, 0.4) is 0 Å². The number of methoxy groups -OCH3 is 3. The largest absolute Gasteiger partial charge is 0.497 e. The van der Waals surface area contributed by atoms with Crippen LogP contribution in [0.5, 0.6) is 17.2 Å². The molecular formula is C23H32N2O4. The monoisotopic (exact) mass is 400 g/mol. The van der Waals surface area contributed by atoms with Crippen molar-refractivity contribution in [1.82, 2.24) is 10.2 Å². The van der Waals surface area contributed by atoms with Crippen LogP contribution in [0.25, 0.3) is 0 Å². The summed E-state index contributed by atoms with van der Waals surface area (Å²) in [5.41, 5.74) is 2.15. The number of hydrogen-bond donors (Lipinski definition) is 1. The molecule has 0 aliphatic rings. The van der Waals surface area contributed by atoms with Gasteiger partial charge in [0.15, 0.2) is 11.5 Å². The Bertz CT molecular complexity index is 762. The summed E-state index contributed by atoms with van der Waals surface area (Å²) in [7, 11) is 4.89. The van der Waals surface area contributed by atoms with Crippen molar-refractivity contribution in [3.05, 3.63) is 53.6 Å². The minimum absolute atomic E-state index is 0.0465. The van der Waals surface area contributed by atoms with Crippen LogP contribution in [0, 0.1) is 0 Å². The van der Waals surface area contributed by atoms with Crippen LogP contribution < -0.4 is 19.5 Å².